The van der Waals surface area contributed by atoms with Gasteiger partial charge in [0.05, 0.1) is 10.6 Å². The number of benzene rings is 1. The van der Waals surface area contributed by atoms with E-state index in [-0.39, 0.29) is 11.7 Å². The molecule has 0 saturated carbocycles. The van der Waals surface area contributed by atoms with E-state index in [4.69, 9.17) is 5.84 Å². The Bertz CT molecular complexity index is 837. The van der Waals surface area contributed by atoms with E-state index in [1.54, 1.807) is 11.3 Å². The van der Waals surface area contributed by atoms with Gasteiger partial charge in [-0.05, 0) is 48.6 Å². The Kier molecular flexibility index (Phi) is 4.86. The van der Waals surface area contributed by atoms with Crippen molar-refractivity contribution in [1.82, 2.24) is 14.9 Å². The van der Waals surface area contributed by atoms with Crippen molar-refractivity contribution in [2.75, 3.05) is 16.9 Å². The molecule has 1 amide bonds. The molecule has 0 saturated heterocycles. The van der Waals surface area contributed by atoms with Gasteiger partial charge in [0.25, 0.3) is 0 Å². The highest BCUT2D eigenvalue weighted by molar-refractivity contribution is 7.99. The fourth-order valence-corrected chi connectivity index (χ4v) is 3.69. The molecular formula is C16H17N5OS2. The van der Waals surface area contributed by atoms with Crippen LogP contribution in [0.15, 0.2) is 40.9 Å². The molecule has 3 aromatic rings. The number of rotatable bonds is 5. The average molecular weight is 359 g/mol. The summed E-state index contributed by atoms with van der Waals surface area (Å²) in [6.45, 7) is 4.00. The van der Waals surface area contributed by atoms with Gasteiger partial charge in [-0.1, -0.05) is 23.9 Å². The number of amides is 1. The quantitative estimate of drug-likeness (QED) is 0.540. The fraction of sp³-hybridized carbons (Fsp3) is 0.188. The van der Waals surface area contributed by atoms with Crippen LogP contribution in [0, 0.1) is 13.8 Å². The van der Waals surface area contributed by atoms with Crippen molar-refractivity contribution in [2.24, 2.45) is 0 Å². The van der Waals surface area contributed by atoms with Crippen LogP contribution in [0.3, 0.4) is 0 Å². The van der Waals surface area contributed by atoms with Crippen molar-refractivity contribution in [1.29, 1.82) is 0 Å². The summed E-state index contributed by atoms with van der Waals surface area (Å²) in [5.41, 5.74) is 3.02. The minimum Gasteiger partial charge on any atom is -0.335 e. The van der Waals surface area contributed by atoms with E-state index in [2.05, 4.69) is 21.6 Å². The molecule has 3 N–H and O–H groups in total. The molecule has 2 aromatic heterocycles. The highest BCUT2D eigenvalue weighted by atomic mass is 32.2. The van der Waals surface area contributed by atoms with Crippen LogP contribution in [0.25, 0.3) is 10.7 Å². The van der Waals surface area contributed by atoms with Crippen LogP contribution in [0.2, 0.25) is 0 Å². The van der Waals surface area contributed by atoms with Crippen LogP contribution in [-0.2, 0) is 4.79 Å². The molecule has 0 fully saturated rings. The Morgan fingerprint density at radius 1 is 1.29 bits per heavy atom. The highest BCUT2D eigenvalue weighted by Crippen LogP contribution is 2.25. The molecule has 8 heteroatoms. The van der Waals surface area contributed by atoms with Gasteiger partial charge in [-0.2, -0.15) is 0 Å². The maximum Gasteiger partial charge on any atom is 0.234 e. The van der Waals surface area contributed by atoms with Gasteiger partial charge < -0.3 is 11.2 Å². The molecule has 0 aliphatic rings. The topological polar surface area (TPSA) is 85.8 Å². The number of thiophene rings is 1. The summed E-state index contributed by atoms with van der Waals surface area (Å²) in [5.74, 6) is 6.73. The van der Waals surface area contributed by atoms with Crippen LogP contribution in [0.1, 0.15) is 11.1 Å². The summed E-state index contributed by atoms with van der Waals surface area (Å²) in [4.78, 5) is 13.1. The number of nitrogens with zero attached hydrogens (tertiary/aromatic N) is 3. The molecule has 124 valence electrons. The number of nitrogens with two attached hydrogens (primary N) is 1. The number of carbonyl (C=O) groups is 1. The third kappa shape index (κ3) is 3.77. The molecule has 0 atom stereocenters. The molecule has 2 heterocycles. The predicted octanol–water partition coefficient (Wildman–Crippen LogP) is 3.07. The molecule has 0 bridgehead atoms. The van der Waals surface area contributed by atoms with E-state index < -0.39 is 0 Å². The van der Waals surface area contributed by atoms with Crippen LogP contribution in [0.4, 0.5) is 5.69 Å². The van der Waals surface area contributed by atoms with Crippen molar-refractivity contribution in [3.63, 3.8) is 0 Å². The zero-order valence-corrected chi connectivity index (χ0v) is 14.9. The lowest BCUT2D eigenvalue weighted by Crippen LogP contribution is -2.16. The largest absolute Gasteiger partial charge is 0.335 e. The Hall–Kier alpha value is -2.32. The second-order valence-corrected chi connectivity index (χ2v) is 7.26. The normalized spacial score (nSPS) is 10.8. The Morgan fingerprint density at radius 3 is 2.71 bits per heavy atom. The summed E-state index contributed by atoms with van der Waals surface area (Å²) >= 11 is 2.80. The van der Waals surface area contributed by atoms with Gasteiger partial charge in [-0.3, -0.25) is 4.79 Å². The average Bonchev–Trinajstić information content (AvgIpc) is 3.13. The summed E-state index contributed by atoms with van der Waals surface area (Å²) in [6, 6.07) is 9.80. The molecule has 0 spiro atoms. The van der Waals surface area contributed by atoms with Crippen LogP contribution >= 0.6 is 23.1 Å². The number of nitrogen functional groups attached to an aromatic ring is 1. The van der Waals surface area contributed by atoms with E-state index in [1.807, 2.05) is 43.5 Å². The number of anilines is 1. The maximum atomic E-state index is 12.1. The van der Waals surface area contributed by atoms with Crippen LogP contribution < -0.4 is 11.2 Å². The number of carbonyl (C=O) groups excluding carboxylic acids is 1. The lowest BCUT2D eigenvalue weighted by atomic mass is 10.1. The van der Waals surface area contributed by atoms with Crippen molar-refractivity contribution in [2.45, 2.75) is 19.0 Å². The van der Waals surface area contributed by atoms with E-state index in [9.17, 15) is 4.79 Å². The first-order valence-electron chi connectivity index (χ1n) is 7.28. The van der Waals surface area contributed by atoms with E-state index >= 15 is 0 Å². The van der Waals surface area contributed by atoms with Gasteiger partial charge >= 0.3 is 0 Å². The minimum absolute atomic E-state index is 0.106. The molecule has 24 heavy (non-hydrogen) atoms. The van der Waals surface area contributed by atoms with Gasteiger partial charge in [-0.15, -0.1) is 21.5 Å². The van der Waals surface area contributed by atoms with E-state index in [1.165, 1.54) is 16.4 Å². The molecule has 3 rings (SSSR count). The van der Waals surface area contributed by atoms with Gasteiger partial charge in [0.15, 0.2) is 5.82 Å². The number of nitrogens with one attached hydrogen (secondary N) is 1. The SMILES string of the molecule is Cc1cc(C)cc(NC(=O)CSc2nnc(-c3cccs3)n2N)c1. The summed E-state index contributed by atoms with van der Waals surface area (Å²) < 4.78 is 1.42. The first-order chi connectivity index (χ1) is 11.5. The summed E-state index contributed by atoms with van der Waals surface area (Å²) in [7, 11) is 0. The highest BCUT2D eigenvalue weighted by Gasteiger charge is 2.14. The Labute approximate surface area is 148 Å². The Balaban J connectivity index is 1.62. The van der Waals surface area contributed by atoms with Gasteiger partial charge in [0.1, 0.15) is 0 Å². The smallest absolute Gasteiger partial charge is 0.234 e. The number of hydrogen-bond acceptors (Lipinski definition) is 6. The third-order valence-electron chi connectivity index (χ3n) is 3.24. The molecule has 1 aromatic carbocycles. The molecule has 0 unspecified atom stereocenters. The molecule has 0 aliphatic carbocycles. The second-order valence-electron chi connectivity index (χ2n) is 5.37. The van der Waals surface area contributed by atoms with E-state index in [0.717, 1.165) is 21.7 Å². The summed E-state index contributed by atoms with van der Waals surface area (Å²) in [5, 5.41) is 13.5. The van der Waals surface area contributed by atoms with Crippen molar-refractivity contribution in [3.8, 4) is 10.7 Å². The van der Waals surface area contributed by atoms with E-state index in [0.29, 0.717) is 11.0 Å². The monoisotopic (exact) mass is 359 g/mol. The zero-order valence-electron chi connectivity index (χ0n) is 13.3. The third-order valence-corrected chi connectivity index (χ3v) is 5.05. The molecular weight excluding hydrogens is 342 g/mol. The summed E-state index contributed by atoms with van der Waals surface area (Å²) in [6.07, 6.45) is 0. The van der Waals surface area contributed by atoms with Crippen LogP contribution in [-0.4, -0.2) is 26.5 Å². The number of thioether (sulfide) groups is 1. The number of aryl methyl sites for hydroxylation is 2. The lowest BCUT2D eigenvalue weighted by molar-refractivity contribution is -0.113. The predicted molar refractivity (Wildman–Crippen MR) is 98.8 cm³/mol. The van der Waals surface area contributed by atoms with Gasteiger partial charge in [-0.25, -0.2) is 4.68 Å². The minimum atomic E-state index is -0.106. The number of hydrogen-bond donors (Lipinski definition) is 2. The zero-order chi connectivity index (χ0) is 17.1. The maximum absolute atomic E-state index is 12.1. The lowest BCUT2D eigenvalue weighted by Gasteiger charge is -2.07. The van der Waals surface area contributed by atoms with Crippen molar-refractivity contribution >= 4 is 34.7 Å². The first kappa shape index (κ1) is 16.5. The second kappa shape index (κ2) is 7.06. The Morgan fingerprint density at radius 2 is 2.04 bits per heavy atom. The van der Waals surface area contributed by atoms with Gasteiger partial charge in [0.2, 0.25) is 11.1 Å². The first-order valence-corrected chi connectivity index (χ1v) is 9.15. The fourth-order valence-electron chi connectivity index (χ4n) is 2.32. The van der Waals surface area contributed by atoms with Crippen molar-refractivity contribution < 1.29 is 4.79 Å². The molecule has 6 nitrogen and oxygen atoms in total. The standard InChI is InChI=1S/C16H17N5OS2/c1-10-6-11(2)8-12(7-10)18-14(22)9-24-16-20-19-15(21(16)17)13-4-3-5-23-13/h3-8H,9,17H2,1-2H3,(H,18,22). The van der Waals surface area contributed by atoms with Gasteiger partial charge in [0, 0.05) is 5.69 Å². The van der Waals surface area contributed by atoms with Crippen molar-refractivity contribution in [3.05, 3.63) is 46.8 Å². The number of aromatic nitrogens is 3. The molecule has 0 aliphatic heterocycles. The van der Waals surface area contributed by atoms with Crippen LogP contribution in [0.5, 0.6) is 0 Å². The molecule has 0 radical (unpaired) electrons.